The maximum Gasteiger partial charge on any atom is 0.222 e. The van der Waals surface area contributed by atoms with E-state index in [1.165, 1.54) is 11.3 Å². The molecule has 0 saturated carbocycles. The zero-order chi connectivity index (χ0) is 13.0. The van der Waals surface area contributed by atoms with Crippen molar-refractivity contribution in [3.05, 3.63) is 29.8 Å². The molecule has 0 radical (unpaired) electrons. The van der Waals surface area contributed by atoms with Gasteiger partial charge in [-0.2, -0.15) is 0 Å². The monoisotopic (exact) mass is 246 g/mol. The average Bonchev–Trinajstić information content (AvgIpc) is 2.40. The summed E-state index contributed by atoms with van der Waals surface area (Å²) in [6, 6.07) is 8.62. The lowest BCUT2D eigenvalue weighted by Gasteiger charge is -2.36. The quantitative estimate of drug-likeness (QED) is 0.818. The van der Waals surface area contributed by atoms with E-state index in [1.807, 2.05) is 4.90 Å². The van der Waals surface area contributed by atoms with Crippen LogP contribution >= 0.6 is 0 Å². The lowest BCUT2D eigenvalue weighted by Crippen LogP contribution is -2.48. The van der Waals surface area contributed by atoms with Gasteiger partial charge in [0.05, 0.1) is 0 Å². The Balaban J connectivity index is 1.90. The minimum atomic E-state index is 0.307. The van der Waals surface area contributed by atoms with Crippen LogP contribution in [0.4, 0.5) is 5.69 Å². The lowest BCUT2D eigenvalue weighted by molar-refractivity contribution is -0.131. The van der Waals surface area contributed by atoms with Crippen LogP contribution in [0.5, 0.6) is 0 Å². The summed E-state index contributed by atoms with van der Waals surface area (Å²) in [5, 5.41) is 0. The van der Waals surface area contributed by atoms with E-state index in [1.54, 1.807) is 0 Å². The Labute approximate surface area is 109 Å². The Hall–Kier alpha value is -1.51. The third-order valence-corrected chi connectivity index (χ3v) is 3.50. The van der Waals surface area contributed by atoms with Gasteiger partial charge in [0.25, 0.3) is 0 Å². The van der Waals surface area contributed by atoms with Crippen molar-refractivity contribution in [1.29, 1.82) is 0 Å². The van der Waals surface area contributed by atoms with Gasteiger partial charge in [0.1, 0.15) is 0 Å². The van der Waals surface area contributed by atoms with Crippen molar-refractivity contribution in [3.63, 3.8) is 0 Å². The van der Waals surface area contributed by atoms with Crippen LogP contribution < -0.4 is 4.90 Å². The Morgan fingerprint density at radius 2 is 1.72 bits per heavy atom. The first-order valence-corrected chi connectivity index (χ1v) is 6.80. The normalized spacial score (nSPS) is 15.9. The van der Waals surface area contributed by atoms with E-state index in [4.69, 9.17) is 0 Å². The van der Waals surface area contributed by atoms with Crippen LogP contribution in [-0.4, -0.2) is 37.0 Å². The summed E-state index contributed by atoms with van der Waals surface area (Å²) in [6.07, 6.45) is 1.63. The van der Waals surface area contributed by atoms with Gasteiger partial charge in [-0.15, -0.1) is 0 Å². The van der Waals surface area contributed by atoms with Crippen molar-refractivity contribution >= 4 is 11.6 Å². The molecule has 0 aliphatic carbocycles. The van der Waals surface area contributed by atoms with Gasteiger partial charge in [0, 0.05) is 38.3 Å². The van der Waals surface area contributed by atoms with E-state index in [-0.39, 0.29) is 0 Å². The number of rotatable bonds is 3. The molecule has 0 bridgehead atoms. The fourth-order valence-electron chi connectivity index (χ4n) is 2.34. The molecule has 1 amide bonds. The third-order valence-electron chi connectivity index (χ3n) is 3.50. The van der Waals surface area contributed by atoms with Crippen LogP contribution in [0, 0.1) is 6.92 Å². The Kier molecular flexibility index (Phi) is 4.24. The van der Waals surface area contributed by atoms with Gasteiger partial charge in [0.2, 0.25) is 5.91 Å². The fourth-order valence-corrected chi connectivity index (χ4v) is 2.34. The molecule has 0 spiro atoms. The summed E-state index contributed by atoms with van der Waals surface area (Å²) < 4.78 is 0. The molecule has 1 aliphatic heterocycles. The van der Waals surface area contributed by atoms with Crippen molar-refractivity contribution in [3.8, 4) is 0 Å². The maximum absolute atomic E-state index is 11.8. The number of carbonyl (C=O) groups excluding carboxylic acids is 1. The molecule has 0 aromatic heterocycles. The van der Waals surface area contributed by atoms with Crippen molar-refractivity contribution in [2.24, 2.45) is 0 Å². The number of piperazine rings is 1. The highest BCUT2D eigenvalue weighted by atomic mass is 16.2. The molecule has 98 valence electrons. The van der Waals surface area contributed by atoms with E-state index in [0.717, 1.165) is 32.6 Å². The van der Waals surface area contributed by atoms with Crippen LogP contribution in [-0.2, 0) is 4.79 Å². The summed E-state index contributed by atoms with van der Waals surface area (Å²) >= 11 is 0. The van der Waals surface area contributed by atoms with E-state index in [2.05, 4.69) is 43.0 Å². The second-order valence-electron chi connectivity index (χ2n) is 4.95. The smallest absolute Gasteiger partial charge is 0.222 e. The van der Waals surface area contributed by atoms with Gasteiger partial charge in [-0.25, -0.2) is 0 Å². The molecule has 0 unspecified atom stereocenters. The molecule has 1 saturated heterocycles. The highest BCUT2D eigenvalue weighted by Crippen LogP contribution is 2.17. The minimum Gasteiger partial charge on any atom is -0.368 e. The minimum absolute atomic E-state index is 0.307. The van der Waals surface area contributed by atoms with Crippen LogP contribution in [0.3, 0.4) is 0 Å². The fraction of sp³-hybridized carbons (Fsp3) is 0.533. The molecule has 0 atom stereocenters. The SMILES string of the molecule is CCCC(=O)N1CCN(c2ccc(C)cc2)CC1. The van der Waals surface area contributed by atoms with Crippen LogP contribution in [0.15, 0.2) is 24.3 Å². The van der Waals surface area contributed by atoms with Crippen molar-refractivity contribution in [1.82, 2.24) is 4.90 Å². The van der Waals surface area contributed by atoms with E-state index in [0.29, 0.717) is 12.3 Å². The van der Waals surface area contributed by atoms with Gasteiger partial charge in [-0.1, -0.05) is 24.6 Å². The first kappa shape index (κ1) is 12.9. The van der Waals surface area contributed by atoms with E-state index >= 15 is 0 Å². The van der Waals surface area contributed by atoms with Gasteiger partial charge >= 0.3 is 0 Å². The molecule has 1 aromatic carbocycles. The number of nitrogens with zero attached hydrogens (tertiary/aromatic N) is 2. The molecular formula is C15H22N2O. The first-order chi connectivity index (χ1) is 8.70. The second-order valence-corrected chi connectivity index (χ2v) is 4.95. The summed E-state index contributed by atoms with van der Waals surface area (Å²) in [7, 11) is 0. The maximum atomic E-state index is 11.8. The summed E-state index contributed by atoms with van der Waals surface area (Å²) in [5.74, 6) is 0.307. The summed E-state index contributed by atoms with van der Waals surface area (Å²) in [6.45, 7) is 7.75. The highest BCUT2D eigenvalue weighted by molar-refractivity contribution is 5.76. The zero-order valence-electron chi connectivity index (χ0n) is 11.4. The molecule has 1 fully saturated rings. The van der Waals surface area contributed by atoms with Gasteiger partial charge < -0.3 is 9.80 Å². The molecule has 1 heterocycles. The molecular weight excluding hydrogens is 224 g/mol. The number of aryl methyl sites for hydroxylation is 1. The van der Waals surface area contributed by atoms with Crippen LogP contribution in [0.1, 0.15) is 25.3 Å². The Bertz CT molecular complexity index is 391. The first-order valence-electron chi connectivity index (χ1n) is 6.80. The number of amides is 1. The molecule has 3 nitrogen and oxygen atoms in total. The number of anilines is 1. The number of hydrogen-bond donors (Lipinski definition) is 0. The lowest BCUT2D eigenvalue weighted by atomic mass is 10.2. The second kappa shape index (κ2) is 5.89. The van der Waals surface area contributed by atoms with Crippen molar-refractivity contribution < 1.29 is 4.79 Å². The van der Waals surface area contributed by atoms with Crippen molar-refractivity contribution in [2.75, 3.05) is 31.1 Å². The van der Waals surface area contributed by atoms with Crippen molar-refractivity contribution in [2.45, 2.75) is 26.7 Å². The topological polar surface area (TPSA) is 23.6 Å². The highest BCUT2D eigenvalue weighted by Gasteiger charge is 2.20. The van der Waals surface area contributed by atoms with Crippen LogP contribution in [0.2, 0.25) is 0 Å². The largest absolute Gasteiger partial charge is 0.368 e. The standard InChI is InChI=1S/C15H22N2O/c1-3-4-15(18)17-11-9-16(10-12-17)14-7-5-13(2)6-8-14/h5-8H,3-4,9-12H2,1-2H3. The number of hydrogen-bond acceptors (Lipinski definition) is 2. The predicted octanol–water partition coefficient (Wildman–Crippen LogP) is 2.44. The summed E-state index contributed by atoms with van der Waals surface area (Å²) in [4.78, 5) is 16.1. The molecule has 1 aromatic rings. The molecule has 3 heteroatoms. The summed E-state index contributed by atoms with van der Waals surface area (Å²) in [5.41, 5.74) is 2.55. The Morgan fingerprint density at radius 1 is 1.11 bits per heavy atom. The van der Waals surface area contributed by atoms with E-state index in [9.17, 15) is 4.79 Å². The number of carbonyl (C=O) groups is 1. The molecule has 2 rings (SSSR count). The van der Waals surface area contributed by atoms with Crippen LogP contribution in [0.25, 0.3) is 0 Å². The molecule has 18 heavy (non-hydrogen) atoms. The third kappa shape index (κ3) is 3.03. The zero-order valence-corrected chi connectivity index (χ0v) is 11.4. The van der Waals surface area contributed by atoms with Gasteiger partial charge in [-0.05, 0) is 25.5 Å². The van der Waals surface area contributed by atoms with Gasteiger partial charge in [0.15, 0.2) is 0 Å². The van der Waals surface area contributed by atoms with E-state index < -0.39 is 0 Å². The molecule has 1 aliphatic rings. The van der Waals surface area contributed by atoms with Gasteiger partial charge in [-0.3, -0.25) is 4.79 Å². The number of benzene rings is 1. The predicted molar refractivity (Wildman–Crippen MR) is 74.9 cm³/mol. The molecule has 0 N–H and O–H groups in total. The Morgan fingerprint density at radius 3 is 2.28 bits per heavy atom. The average molecular weight is 246 g/mol.